The van der Waals surface area contributed by atoms with E-state index in [1.165, 1.54) is 29.7 Å². The van der Waals surface area contributed by atoms with Gasteiger partial charge in [0.2, 0.25) is 5.13 Å². The van der Waals surface area contributed by atoms with Crippen molar-refractivity contribution < 1.29 is 14.5 Å². The summed E-state index contributed by atoms with van der Waals surface area (Å²) < 4.78 is 9.79. The number of nitrogens with one attached hydrogen (secondary N) is 1. The zero-order valence-electron chi connectivity index (χ0n) is 18.3. The van der Waals surface area contributed by atoms with Crippen LogP contribution >= 0.6 is 11.5 Å². The number of methoxy groups -OCH3 is 1. The number of benzene rings is 2. The van der Waals surface area contributed by atoms with Gasteiger partial charge in [-0.05, 0) is 42.5 Å². The van der Waals surface area contributed by atoms with Crippen molar-refractivity contribution in [3.8, 4) is 5.75 Å². The molecule has 1 N–H and O–H groups in total. The van der Waals surface area contributed by atoms with Crippen LogP contribution in [0.15, 0.2) is 48.5 Å². The number of amides is 1. The Morgan fingerprint density at radius 3 is 2.79 bits per heavy atom. The number of hydrogen-bond donors (Lipinski definition) is 1. The summed E-state index contributed by atoms with van der Waals surface area (Å²) in [5.74, 6) is 1.69. The number of piperidine rings is 1. The maximum atomic E-state index is 12.4. The topological polar surface area (TPSA) is 110 Å². The Balaban J connectivity index is 1.26. The molecule has 1 aliphatic rings. The Bertz CT molecular complexity index is 1130. The molecule has 1 fully saturated rings. The molecule has 0 atom stereocenters. The quantitative estimate of drug-likeness (QED) is 0.397. The summed E-state index contributed by atoms with van der Waals surface area (Å²) in [6.07, 6.45) is 2.52. The standard InChI is InChI=1S/C23H25N5O4S/c1-32-20-7-2-4-17(12-20)13-21-25-23(33-26-21)27-10-8-16(9-11-27)15-24-22(29)18-5-3-6-19(14-18)28(30)31/h2-7,12,14,16H,8-11,13,15H2,1H3,(H,24,29). The number of rotatable bonds is 8. The highest BCUT2D eigenvalue weighted by Crippen LogP contribution is 2.25. The summed E-state index contributed by atoms with van der Waals surface area (Å²) in [7, 11) is 1.65. The molecule has 172 valence electrons. The first-order valence-electron chi connectivity index (χ1n) is 10.7. The van der Waals surface area contributed by atoms with Gasteiger partial charge in [-0.15, -0.1) is 0 Å². The van der Waals surface area contributed by atoms with E-state index in [1.807, 2.05) is 24.3 Å². The Morgan fingerprint density at radius 2 is 2.03 bits per heavy atom. The van der Waals surface area contributed by atoms with Gasteiger partial charge in [-0.3, -0.25) is 14.9 Å². The molecule has 0 unspecified atom stereocenters. The number of nitro benzene ring substituents is 1. The Hall–Kier alpha value is -3.53. The lowest BCUT2D eigenvalue weighted by Gasteiger charge is -2.31. The van der Waals surface area contributed by atoms with Crippen molar-refractivity contribution in [2.75, 3.05) is 31.6 Å². The van der Waals surface area contributed by atoms with Crippen molar-refractivity contribution in [2.45, 2.75) is 19.3 Å². The fourth-order valence-electron chi connectivity index (χ4n) is 3.84. The Kier molecular flexibility index (Phi) is 7.13. The van der Waals surface area contributed by atoms with E-state index in [4.69, 9.17) is 9.72 Å². The van der Waals surface area contributed by atoms with Crippen LogP contribution in [0.2, 0.25) is 0 Å². The first-order chi connectivity index (χ1) is 16.0. The van der Waals surface area contributed by atoms with Crippen LogP contribution in [0.25, 0.3) is 0 Å². The molecule has 0 bridgehead atoms. The normalized spacial score (nSPS) is 14.2. The lowest BCUT2D eigenvalue weighted by atomic mass is 9.97. The summed E-state index contributed by atoms with van der Waals surface area (Å²) in [6.45, 7) is 2.25. The molecule has 1 aliphatic heterocycles. The molecular weight excluding hydrogens is 442 g/mol. The van der Waals surface area contributed by atoms with E-state index >= 15 is 0 Å². The van der Waals surface area contributed by atoms with Crippen LogP contribution in [-0.2, 0) is 6.42 Å². The average Bonchev–Trinajstić information content (AvgIpc) is 3.31. The van der Waals surface area contributed by atoms with Crippen LogP contribution in [0.1, 0.15) is 34.6 Å². The van der Waals surface area contributed by atoms with E-state index in [0.717, 1.165) is 48.2 Å². The van der Waals surface area contributed by atoms with Gasteiger partial charge in [-0.25, -0.2) is 4.98 Å². The number of non-ortho nitro benzene ring substituents is 1. The molecule has 4 rings (SSSR count). The van der Waals surface area contributed by atoms with Crippen LogP contribution in [0, 0.1) is 16.0 Å². The number of nitro groups is 1. The molecule has 9 nitrogen and oxygen atoms in total. The van der Waals surface area contributed by atoms with Crippen molar-refractivity contribution in [1.29, 1.82) is 0 Å². The van der Waals surface area contributed by atoms with E-state index in [1.54, 1.807) is 13.2 Å². The smallest absolute Gasteiger partial charge is 0.270 e. The molecule has 1 aromatic heterocycles. The van der Waals surface area contributed by atoms with Gasteiger partial charge in [0.1, 0.15) is 11.6 Å². The first kappa shape index (κ1) is 22.7. The summed E-state index contributed by atoms with van der Waals surface area (Å²) in [5.41, 5.74) is 1.33. The number of nitrogens with zero attached hydrogens (tertiary/aromatic N) is 4. The van der Waals surface area contributed by atoms with Crippen LogP contribution in [-0.4, -0.2) is 46.9 Å². The van der Waals surface area contributed by atoms with E-state index in [2.05, 4.69) is 14.6 Å². The van der Waals surface area contributed by atoms with Gasteiger partial charge >= 0.3 is 0 Å². The number of hydrogen-bond acceptors (Lipinski definition) is 8. The van der Waals surface area contributed by atoms with E-state index < -0.39 is 4.92 Å². The largest absolute Gasteiger partial charge is 0.497 e. The molecule has 2 aromatic carbocycles. The fourth-order valence-corrected chi connectivity index (χ4v) is 4.57. The summed E-state index contributed by atoms with van der Waals surface area (Å²) in [4.78, 5) is 29.7. The van der Waals surface area contributed by atoms with Gasteiger partial charge in [0.05, 0.1) is 12.0 Å². The molecule has 0 spiro atoms. The average molecular weight is 468 g/mol. The SMILES string of the molecule is COc1cccc(Cc2nsc(N3CCC(CNC(=O)c4cccc([N+](=O)[O-])c4)CC3)n2)c1. The van der Waals surface area contributed by atoms with Crippen LogP contribution < -0.4 is 15.0 Å². The highest BCUT2D eigenvalue weighted by atomic mass is 32.1. The van der Waals surface area contributed by atoms with E-state index in [9.17, 15) is 14.9 Å². The number of aromatic nitrogens is 2. The van der Waals surface area contributed by atoms with Gasteiger partial charge in [-0.2, -0.15) is 4.37 Å². The van der Waals surface area contributed by atoms with Gasteiger partial charge in [0.15, 0.2) is 0 Å². The molecule has 33 heavy (non-hydrogen) atoms. The van der Waals surface area contributed by atoms with Crippen molar-refractivity contribution >= 4 is 28.3 Å². The number of ether oxygens (including phenoxy) is 1. The van der Waals surface area contributed by atoms with E-state index in [0.29, 0.717) is 24.4 Å². The maximum Gasteiger partial charge on any atom is 0.270 e. The first-order valence-corrected chi connectivity index (χ1v) is 11.5. The molecule has 2 heterocycles. The van der Waals surface area contributed by atoms with E-state index in [-0.39, 0.29) is 11.6 Å². The molecule has 10 heteroatoms. The summed E-state index contributed by atoms with van der Waals surface area (Å²) in [5, 5.41) is 14.7. The molecule has 1 amide bonds. The van der Waals surface area contributed by atoms with Crippen molar-refractivity contribution in [3.63, 3.8) is 0 Å². The second-order valence-corrected chi connectivity index (χ2v) is 8.70. The minimum atomic E-state index is -0.498. The predicted molar refractivity (Wildman–Crippen MR) is 126 cm³/mol. The van der Waals surface area contributed by atoms with Crippen molar-refractivity contribution in [2.24, 2.45) is 5.92 Å². The lowest BCUT2D eigenvalue weighted by Crippen LogP contribution is -2.38. The van der Waals surface area contributed by atoms with Crippen LogP contribution in [0.5, 0.6) is 5.75 Å². The highest BCUT2D eigenvalue weighted by Gasteiger charge is 2.23. The zero-order valence-corrected chi connectivity index (χ0v) is 19.1. The predicted octanol–water partition coefficient (Wildman–Crippen LogP) is 3.69. The van der Waals surface area contributed by atoms with Crippen molar-refractivity contribution in [1.82, 2.24) is 14.7 Å². The molecular formula is C23H25N5O4S. The minimum absolute atomic E-state index is 0.0845. The Labute approximate surface area is 195 Å². The van der Waals surface area contributed by atoms with Crippen LogP contribution in [0.4, 0.5) is 10.8 Å². The third-order valence-electron chi connectivity index (χ3n) is 5.71. The van der Waals surface area contributed by atoms with Gasteiger partial charge in [0.25, 0.3) is 11.6 Å². The molecule has 0 radical (unpaired) electrons. The van der Waals surface area contributed by atoms with Gasteiger partial charge < -0.3 is 15.0 Å². The minimum Gasteiger partial charge on any atom is -0.497 e. The number of carbonyl (C=O) groups excluding carboxylic acids is 1. The summed E-state index contributed by atoms with van der Waals surface area (Å²) >= 11 is 1.41. The molecule has 1 saturated heterocycles. The lowest BCUT2D eigenvalue weighted by molar-refractivity contribution is -0.384. The molecule has 0 aliphatic carbocycles. The fraction of sp³-hybridized carbons (Fsp3) is 0.348. The molecule has 0 saturated carbocycles. The number of anilines is 1. The van der Waals surface area contributed by atoms with Gasteiger partial charge in [0, 0.05) is 55.3 Å². The second kappa shape index (κ2) is 10.4. The summed E-state index contributed by atoms with van der Waals surface area (Å²) in [6, 6.07) is 13.7. The van der Waals surface area contributed by atoms with Gasteiger partial charge in [-0.1, -0.05) is 18.2 Å². The zero-order chi connectivity index (χ0) is 23.2. The maximum absolute atomic E-state index is 12.4. The third kappa shape index (κ3) is 5.83. The number of carbonyl (C=O) groups is 1. The van der Waals surface area contributed by atoms with Crippen molar-refractivity contribution in [3.05, 3.63) is 75.6 Å². The monoisotopic (exact) mass is 467 g/mol. The molecule has 3 aromatic rings. The highest BCUT2D eigenvalue weighted by molar-refractivity contribution is 7.09. The third-order valence-corrected chi connectivity index (χ3v) is 6.52. The van der Waals surface area contributed by atoms with Crippen LogP contribution in [0.3, 0.4) is 0 Å². The second-order valence-electron chi connectivity index (χ2n) is 7.97. The Morgan fingerprint density at radius 1 is 1.24 bits per heavy atom.